The van der Waals surface area contributed by atoms with Crippen LogP contribution in [0.15, 0.2) is 35.3 Å². The molecule has 0 amide bonds. The van der Waals surface area contributed by atoms with E-state index in [1.54, 1.807) is 23.3 Å². The predicted molar refractivity (Wildman–Crippen MR) is 54.4 cm³/mol. The van der Waals surface area contributed by atoms with Crippen molar-refractivity contribution in [1.29, 1.82) is 0 Å². The molecule has 5 heteroatoms. The van der Waals surface area contributed by atoms with Crippen LogP contribution in [0.5, 0.6) is 0 Å². The molecule has 2 heterocycles. The van der Waals surface area contributed by atoms with Crippen molar-refractivity contribution in [2.45, 2.75) is 0 Å². The molecule has 0 bridgehead atoms. The topological polar surface area (TPSA) is 47.8 Å². The quantitative estimate of drug-likeness (QED) is 0.766. The molecule has 0 aliphatic heterocycles. The number of carbonyl (C=O) groups is 1. The average Bonchev–Trinajstić information content (AvgIpc) is 2.61. The third-order valence-electron chi connectivity index (χ3n) is 1.75. The fraction of sp³-hybridized carbons (Fsp3) is 0. The van der Waals surface area contributed by atoms with E-state index in [4.69, 9.17) is 0 Å². The van der Waals surface area contributed by atoms with E-state index in [2.05, 4.69) is 26.0 Å². The first-order chi connectivity index (χ1) is 6.81. The van der Waals surface area contributed by atoms with Crippen molar-refractivity contribution >= 4 is 22.2 Å². The van der Waals surface area contributed by atoms with Gasteiger partial charge in [-0.1, -0.05) is 0 Å². The largest absolute Gasteiger partial charge is 0.298 e. The van der Waals surface area contributed by atoms with Crippen molar-refractivity contribution in [3.8, 4) is 5.69 Å². The Morgan fingerprint density at radius 3 is 2.64 bits per heavy atom. The summed E-state index contributed by atoms with van der Waals surface area (Å²) in [4.78, 5) is 14.5. The molecule has 2 aromatic rings. The Hall–Kier alpha value is -1.49. The zero-order valence-corrected chi connectivity index (χ0v) is 8.68. The summed E-state index contributed by atoms with van der Waals surface area (Å²) < 4.78 is 2.17. The van der Waals surface area contributed by atoms with Crippen LogP contribution in [0.2, 0.25) is 0 Å². The van der Waals surface area contributed by atoms with Gasteiger partial charge in [0.1, 0.15) is 4.60 Å². The maximum absolute atomic E-state index is 10.6. The Bertz CT molecular complexity index is 452. The second-order valence-electron chi connectivity index (χ2n) is 2.64. The summed E-state index contributed by atoms with van der Waals surface area (Å²) in [6.07, 6.45) is 5.76. The molecule has 4 nitrogen and oxygen atoms in total. The first-order valence-electron chi connectivity index (χ1n) is 3.92. The summed E-state index contributed by atoms with van der Waals surface area (Å²) in [6.45, 7) is 0. The average molecular weight is 252 g/mol. The highest BCUT2D eigenvalue weighted by Crippen LogP contribution is 2.14. The Morgan fingerprint density at radius 2 is 2.07 bits per heavy atom. The second-order valence-corrected chi connectivity index (χ2v) is 3.39. The number of hydrogen-bond acceptors (Lipinski definition) is 3. The van der Waals surface area contributed by atoms with Gasteiger partial charge in [-0.25, -0.2) is 4.68 Å². The van der Waals surface area contributed by atoms with Crippen LogP contribution in [0.4, 0.5) is 0 Å². The molecule has 0 aromatic carbocycles. The third kappa shape index (κ3) is 1.58. The number of halogens is 1. The summed E-state index contributed by atoms with van der Waals surface area (Å²) >= 11 is 3.20. The van der Waals surface area contributed by atoms with Gasteiger partial charge in [0, 0.05) is 18.6 Å². The number of nitrogens with zero attached hydrogens (tertiary/aromatic N) is 3. The highest BCUT2D eigenvalue weighted by Gasteiger charge is 2.05. The van der Waals surface area contributed by atoms with Gasteiger partial charge in [-0.3, -0.25) is 9.78 Å². The lowest BCUT2D eigenvalue weighted by molar-refractivity contribution is 0.112. The van der Waals surface area contributed by atoms with Crippen molar-refractivity contribution in [2.75, 3.05) is 0 Å². The van der Waals surface area contributed by atoms with E-state index in [9.17, 15) is 4.79 Å². The highest BCUT2D eigenvalue weighted by molar-refractivity contribution is 9.10. The Morgan fingerprint density at radius 1 is 1.36 bits per heavy atom. The Kier molecular flexibility index (Phi) is 2.41. The number of aromatic nitrogens is 3. The van der Waals surface area contributed by atoms with E-state index in [1.807, 2.05) is 12.1 Å². The van der Waals surface area contributed by atoms with E-state index < -0.39 is 0 Å². The summed E-state index contributed by atoms with van der Waals surface area (Å²) in [7, 11) is 0. The normalized spacial score (nSPS) is 10.1. The minimum atomic E-state index is 0.529. The van der Waals surface area contributed by atoms with Gasteiger partial charge in [-0.2, -0.15) is 5.10 Å². The minimum absolute atomic E-state index is 0.529. The molecule has 14 heavy (non-hydrogen) atoms. The molecule has 0 unspecified atom stereocenters. The number of hydrogen-bond donors (Lipinski definition) is 0. The first kappa shape index (κ1) is 9.08. The molecule has 0 fully saturated rings. The molecule has 0 aliphatic carbocycles. The van der Waals surface area contributed by atoms with Gasteiger partial charge >= 0.3 is 0 Å². The van der Waals surface area contributed by atoms with Crippen LogP contribution < -0.4 is 0 Å². The van der Waals surface area contributed by atoms with E-state index in [0.717, 1.165) is 12.0 Å². The monoisotopic (exact) mass is 251 g/mol. The van der Waals surface area contributed by atoms with Gasteiger partial charge in [0.2, 0.25) is 0 Å². The molecule has 0 saturated carbocycles. The highest BCUT2D eigenvalue weighted by atomic mass is 79.9. The molecule has 0 N–H and O–H groups in total. The second kappa shape index (κ2) is 3.71. The Balaban J connectivity index is 2.48. The standard InChI is InChI=1S/C9H6BrN3O/c10-9-7(6-14)5-13(12-9)8-1-3-11-4-2-8/h1-6H. The molecular weight excluding hydrogens is 246 g/mol. The molecular formula is C9H6BrN3O. The third-order valence-corrected chi connectivity index (χ3v) is 2.37. The van der Waals surface area contributed by atoms with E-state index in [0.29, 0.717) is 10.2 Å². The molecule has 0 saturated heterocycles. The van der Waals surface area contributed by atoms with Crippen molar-refractivity contribution in [3.63, 3.8) is 0 Å². The molecule has 2 rings (SSSR count). The van der Waals surface area contributed by atoms with Crippen molar-refractivity contribution in [2.24, 2.45) is 0 Å². The van der Waals surface area contributed by atoms with E-state index in [1.165, 1.54) is 0 Å². The van der Waals surface area contributed by atoms with Gasteiger partial charge in [0.25, 0.3) is 0 Å². The predicted octanol–water partition coefficient (Wildman–Crippen LogP) is 1.84. The van der Waals surface area contributed by atoms with Crippen LogP contribution in [0.3, 0.4) is 0 Å². The summed E-state index contributed by atoms with van der Waals surface area (Å²) in [5.74, 6) is 0. The van der Waals surface area contributed by atoms with Crippen molar-refractivity contribution < 1.29 is 4.79 Å². The van der Waals surface area contributed by atoms with Crippen LogP contribution >= 0.6 is 15.9 Å². The molecule has 2 aromatic heterocycles. The maximum Gasteiger partial charge on any atom is 0.154 e. The van der Waals surface area contributed by atoms with Gasteiger partial charge in [0.05, 0.1) is 11.3 Å². The summed E-state index contributed by atoms with van der Waals surface area (Å²) in [5.41, 5.74) is 1.40. The maximum atomic E-state index is 10.6. The first-order valence-corrected chi connectivity index (χ1v) is 4.71. The van der Waals surface area contributed by atoms with Gasteiger partial charge in [-0.15, -0.1) is 0 Å². The van der Waals surface area contributed by atoms with Crippen LogP contribution in [0, 0.1) is 0 Å². The Labute approximate surface area is 88.7 Å². The number of rotatable bonds is 2. The molecule has 0 spiro atoms. The summed E-state index contributed by atoms with van der Waals surface area (Å²) in [5, 5.41) is 4.13. The van der Waals surface area contributed by atoms with E-state index >= 15 is 0 Å². The molecule has 70 valence electrons. The fourth-order valence-electron chi connectivity index (χ4n) is 1.07. The lowest BCUT2D eigenvalue weighted by atomic mass is 10.4. The van der Waals surface area contributed by atoms with Crippen molar-refractivity contribution in [1.82, 2.24) is 14.8 Å². The lowest BCUT2D eigenvalue weighted by Crippen LogP contribution is -1.93. The fourth-order valence-corrected chi connectivity index (χ4v) is 1.44. The van der Waals surface area contributed by atoms with Gasteiger partial charge < -0.3 is 0 Å². The lowest BCUT2D eigenvalue weighted by Gasteiger charge is -1.97. The molecule has 0 aliphatic rings. The van der Waals surface area contributed by atoms with Crippen LogP contribution in [0.25, 0.3) is 5.69 Å². The zero-order chi connectivity index (χ0) is 9.97. The van der Waals surface area contributed by atoms with E-state index in [-0.39, 0.29) is 0 Å². The summed E-state index contributed by atoms with van der Waals surface area (Å²) in [6, 6.07) is 3.63. The molecule has 0 radical (unpaired) electrons. The van der Waals surface area contributed by atoms with Crippen LogP contribution in [-0.4, -0.2) is 21.1 Å². The van der Waals surface area contributed by atoms with Crippen molar-refractivity contribution in [3.05, 3.63) is 40.9 Å². The smallest absolute Gasteiger partial charge is 0.154 e. The van der Waals surface area contributed by atoms with Gasteiger partial charge in [-0.05, 0) is 28.1 Å². The van der Waals surface area contributed by atoms with Crippen LogP contribution in [0.1, 0.15) is 10.4 Å². The minimum Gasteiger partial charge on any atom is -0.298 e. The number of aldehydes is 1. The van der Waals surface area contributed by atoms with Gasteiger partial charge in [0.15, 0.2) is 6.29 Å². The number of carbonyl (C=O) groups excluding carboxylic acids is 1. The number of pyridine rings is 1. The van der Waals surface area contributed by atoms with Crippen LogP contribution in [-0.2, 0) is 0 Å². The SMILES string of the molecule is O=Cc1cn(-c2ccncc2)nc1Br. The zero-order valence-electron chi connectivity index (χ0n) is 7.09. The molecule has 0 atom stereocenters.